The summed E-state index contributed by atoms with van der Waals surface area (Å²) in [6, 6.07) is 12.5. The molecule has 0 aromatic heterocycles. The van der Waals surface area contributed by atoms with Crippen molar-refractivity contribution in [3.05, 3.63) is 59.2 Å². The molecule has 0 unspecified atom stereocenters. The number of ether oxygens (including phenoxy) is 1. The highest BCUT2D eigenvalue weighted by atomic mass is 16.5. The summed E-state index contributed by atoms with van der Waals surface area (Å²) in [6.45, 7) is 5.82. The van der Waals surface area contributed by atoms with Gasteiger partial charge in [-0.05, 0) is 43.0 Å². The van der Waals surface area contributed by atoms with E-state index in [2.05, 4.69) is 19.2 Å². The number of aromatic carboxylic acids is 1. The van der Waals surface area contributed by atoms with Crippen LogP contribution in [-0.2, 0) is 4.79 Å². The topological polar surface area (TPSA) is 75.6 Å². The van der Waals surface area contributed by atoms with Crippen LogP contribution in [0.5, 0.6) is 5.75 Å². The zero-order chi connectivity index (χ0) is 18.4. The molecule has 2 rings (SSSR count). The van der Waals surface area contributed by atoms with E-state index in [0.717, 1.165) is 17.5 Å². The van der Waals surface area contributed by atoms with Crippen LogP contribution >= 0.6 is 0 Å². The Morgan fingerprint density at radius 1 is 1.20 bits per heavy atom. The smallest absolute Gasteiger partial charge is 0.337 e. The Kier molecular flexibility index (Phi) is 6.17. The van der Waals surface area contributed by atoms with E-state index in [1.54, 1.807) is 19.1 Å². The maximum atomic E-state index is 12.2. The number of nitrogens with one attached hydrogen (secondary N) is 1. The normalized spacial score (nSPS) is 11.6. The standard InChI is InChI=1S/C20H23NO4/c1-4-14(3)15-7-5-6-8-18(15)25-12-19(22)21-17-10-9-13(2)11-16(17)20(23)24/h5-11,14H,4,12H2,1-3H3,(H,21,22)(H,23,24)/t14-/m0/s1. The Morgan fingerprint density at radius 3 is 2.60 bits per heavy atom. The van der Waals surface area contributed by atoms with E-state index in [1.165, 1.54) is 6.07 Å². The van der Waals surface area contributed by atoms with Crippen LogP contribution in [0.1, 0.15) is 47.7 Å². The predicted octanol–water partition coefficient (Wildman–Crippen LogP) is 4.22. The van der Waals surface area contributed by atoms with Crippen LogP contribution in [0.2, 0.25) is 0 Å². The lowest BCUT2D eigenvalue weighted by molar-refractivity contribution is -0.118. The highest BCUT2D eigenvalue weighted by Crippen LogP contribution is 2.28. The number of para-hydroxylation sites is 1. The molecule has 25 heavy (non-hydrogen) atoms. The molecule has 0 fully saturated rings. The third kappa shape index (κ3) is 4.83. The summed E-state index contributed by atoms with van der Waals surface area (Å²) < 4.78 is 5.66. The zero-order valence-corrected chi connectivity index (χ0v) is 14.7. The van der Waals surface area contributed by atoms with Crippen LogP contribution in [0, 0.1) is 6.92 Å². The number of rotatable bonds is 7. The quantitative estimate of drug-likeness (QED) is 0.790. The van der Waals surface area contributed by atoms with Gasteiger partial charge in [0.25, 0.3) is 5.91 Å². The SMILES string of the molecule is CC[C@H](C)c1ccccc1OCC(=O)Nc1ccc(C)cc1C(=O)O. The van der Waals surface area contributed by atoms with Crippen molar-refractivity contribution >= 4 is 17.6 Å². The van der Waals surface area contributed by atoms with Crippen molar-refractivity contribution in [1.82, 2.24) is 0 Å². The minimum atomic E-state index is -1.08. The fraction of sp³-hybridized carbons (Fsp3) is 0.300. The fourth-order valence-corrected chi connectivity index (χ4v) is 2.51. The first-order valence-electron chi connectivity index (χ1n) is 8.27. The number of hydrogen-bond donors (Lipinski definition) is 2. The molecule has 0 aliphatic heterocycles. The molecule has 0 spiro atoms. The van der Waals surface area contributed by atoms with Crippen molar-refractivity contribution in [3.8, 4) is 5.75 Å². The molecule has 5 nitrogen and oxygen atoms in total. The molecule has 0 bridgehead atoms. The minimum Gasteiger partial charge on any atom is -0.483 e. The highest BCUT2D eigenvalue weighted by Gasteiger charge is 2.14. The highest BCUT2D eigenvalue weighted by molar-refractivity contribution is 6.01. The molecular weight excluding hydrogens is 318 g/mol. The number of carboxylic acid groups (broad SMARTS) is 1. The summed E-state index contributed by atoms with van der Waals surface area (Å²) in [7, 11) is 0. The van der Waals surface area contributed by atoms with E-state index in [1.807, 2.05) is 24.3 Å². The molecular formula is C20H23NO4. The van der Waals surface area contributed by atoms with Gasteiger partial charge >= 0.3 is 5.97 Å². The molecule has 2 aromatic rings. The van der Waals surface area contributed by atoms with E-state index in [-0.39, 0.29) is 17.9 Å². The van der Waals surface area contributed by atoms with Gasteiger partial charge in [0.1, 0.15) is 5.75 Å². The van der Waals surface area contributed by atoms with Gasteiger partial charge in [-0.2, -0.15) is 0 Å². The lowest BCUT2D eigenvalue weighted by atomic mass is 9.98. The van der Waals surface area contributed by atoms with Crippen molar-refractivity contribution in [1.29, 1.82) is 0 Å². The van der Waals surface area contributed by atoms with Gasteiger partial charge in [0.05, 0.1) is 11.3 Å². The minimum absolute atomic E-state index is 0.0633. The first-order valence-corrected chi connectivity index (χ1v) is 8.27. The molecule has 0 aliphatic carbocycles. The third-order valence-electron chi connectivity index (χ3n) is 4.10. The number of hydrogen-bond acceptors (Lipinski definition) is 3. The molecule has 5 heteroatoms. The molecule has 2 N–H and O–H groups in total. The van der Waals surface area contributed by atoms with E-state index >= 15 is 0 Å². The summed E-state index contributed by atoms with van der Waals surface area (Å²) in [4.78, 5) is 23.5. The lowest BCUT2D eigenvalue weighted by Gasteiger charge is -2.16. The van der Waals surface area contributed by atoms with Gasteiger partial charge in [-0.1, -0.05) is 43.7 Å². The largest absolute Gasteiger partial charge is 0.483 e. The van der Waals surface area contributed by atoms with Crippen LogP contribution in [0.15, 0.2) is 42.5 Å². The number of carbonyl (C=O) groups excluding carboxylic acids is 1. The van der Waals surface area contributed by atoms with Gasteiger partial charge in [0, 0.05) is 0 Å². The summed E-state index contributed by atoms with van der Waals surface area (Å²) in [5.41, 5.74) is 2.20. The van der Waals surface area contributed by atoms with E-state index in [0.29, 0.717) is 11.7 Å². The van der Waals surface area contributed by atoms with Crippen molar-refractivity contribution in [3.63, 3.8) is 0 Å². The van der Waals surface area contributed by atoms with E-state index in [9.17, 15) is 14.7 Å². The first kappa shape index (κ1) is 18.5. The number of aryl methyl sites for hydroxylation is 1. The third-order valence-corrected chi connectivity index (χ3v) is 4.10. The number of carbonyl (C=O) groups is 2. The second-order valence-electron chi connectivity index (χ2n) is 6.04. The average Bonchev–Trinajstić information content (AvgIpc) is 2.61. The number of carboxylic acids is 1. The molecule has 0 radical (unpaired) electrons. The molecule has 0 saturated heterocycles. The van der Waals surface area contributed by atoms with Crippen LogP contribution in [-0.4, -0.2) is 23.6 Å². The summed E-state index contributed by atoms with van der Waals surface area (Å²) in [5.74, 6) is -0.475. The van der Waals surface area contributed by atoms with E-state index < -0.39 is 11.9 Å². The van der Waals surface area contributed by atoms with Crippen LogP contribution in [0.4, 0.5) is 5.69 Å². The summed E-state index contributed by atoms with van der Waals surface area (Å²) in [5, 5.41) is 11.9. The Labute approximate surface area is 147 Å². The molecule has 2 aromatic carbocycles. The summed E-state index contributed by atoms with van der Waals surface area (Å²) >= 11 is 0. The van der Waals surface area contributed by atoms with Gasteiger partial charge in [-0.25, -0.2) is 4.79 Å². The Bertz CT molecular complexity index is 770. The van der Waals surface area contributed by atoms with Crippen molar-refractivity contribution in [2.45, 2.75) is 33.1 Å². The maximum Gasteiger partial charge on any atom is 0.337 e. The summed E-state index contributed by atoms with van der Waals surface area (Å²) in [6.07, 6.45) is 0.970. The molecule has 1 amide bonds. The van der Waals surface area contributed by atoms with Crippen LogP contribution in [0.3, 0.4) is 0 Å². The Morgan fingerprint density at radius 2 is 1.92 bits per heavy atom. The van der Waals surface area contributed by atoms with Gasteiger partial charge in [0.15, 0.2) is 6.61 Å². The second kappa shape index (κ2) is 8.33. The van der Waals surface area contributed by atoms with Crippen molar-refractivity contribution < 1.29 is 19.4 Å². The van der Waals surface area contributed by atoms with Gasteiger partial charge < -0.3 is 15.2 Å². The predicted molar refractivity (Wildman–Crippen MR) is 97.4 cm³/mol. The number of amides is 1. The lowest BCUT2D eigenvalue weighted by Crippen LogP contribution is -2.22. The zero-order valence-electron chi connectivity index (χ0n) is 14.7. The Hall–Kier alpha value is -2.82. The van der Waals surface area contributed by atoms with Gasteiger partial charge in [-0.15, -0.1) is 0 Å². The molecule has 1 atom stereocenters. The molecule has 0 aliphatic rings. The molecule has 0 heterocycles. The first-order chi connectivity index (χ1) is 11.9. The molecule has 0 saturated carbocycles. The molecule has 132 valence electrons. The Balaban J connectivity index is 2.07. The van der Waals surface area contributed by atoms with Crippen LogP contribution in [0.25, 0.3) is 0 Å². The maximum absolute atomic E-state index is 12.2. The van der Waals surface area contributed by atoms with Crippen molar-refractivity contribution in [2.75, 3.05) is 11.9 Å². The van der Waals surface area contributed by atoms with Crippen molar-refractivity contribution in [2.24, 2.45) is 0 Å². The van der Waals surface area contributed by atoms with Gasteiger partial charge in [-0.3, -0.25) is 4.79 Å². The van der Waals surface area contributed by atoms with Crippen LogP contribution < -0.4 is 10.1 Å². The fourth-order valence-electron chi connectivity index (χ4n) is 2.51. The number of benzene rings is 2. The second-order valence-corrected chi connectivity index (χ2v) is 6.04. The number of anilines is 1. The van der Waals surface area contributed by atoms with Gasteiger partial charge in [0.2, 0.25) is 0 Å². The van der Waals surface area contributed by atoms with E-state index in [4.69, 9.17) is 4.74 Å². The monoisotopic (exact) mass is 341 g/mol. The average molecular weight is 341 g/mol.